The molecule has 0 bridgehead atoms. The predicted octanol–water partition coefficient (Wildman–Crippen LogP) is 2.63. The van der Waals surface area contributed by atoms with Crippen LogP contribution in [0.5, 0.6) is 0 Å². The number of aryl methyl sites for hydroxylation is 1. The number of rotatable bonds is 10. The summed E-state index contributed by atoms with van der Waals surface area (Å²) in [4.78, 5) is 0. The van der Waals surface area contributed by atoms with Gasteiger partial charge in [-0.2, -0.15) is 12.6 Å². The fourth-order valence-corrected chi connectivity index (χ4v) is 3.64. The normalized spacial score (nSPS) is 10.9. The second kappa shape index (κ2) is 11.1. The number of hydrogen-bond donors (Lipinski definition) is 3. The van der Waals surface area contributed by atoms with Crippen molar-refractivity contribution in [3.63, 3.8) is 0 Å². The van der Waals surface area contributed by atoms with Crippen LogP contribution < -0.4 is 9.13 Å². The number of benzene rings is 1. The summed E-state index contributed by atoms with van der Waals surface area (Å²) in [5, 5.41) is 18.3. The van der Waals surface area contributed by atoms with Crippen LogP contribution in [-0.2, 0) is 19.4 Å². The molecule has 0 aliphatic carbocycles. The minimum atomic E-state index is -1.31. The number of unbranched alkanes of at least 4 members (excludes halogenated alkanes) is 2. The van der Waals surface area contributed by atoms with Crippen LogP contribution in [0.1, 0.15) is 30.4 Å². The van der Waals surface area contributed by atoms with E-state index in [9.17, 15) is 0 Å². The highest BCUT2D eigenvalue weighted by Gasteiger charge is 2.10. The second-order valence-electron chi connectivity index (χ2n) is 7.37. The quantitative estimate of drug-likeness (QED) is 0.209. The number of pyridine rings is 2. The van der Waals surface area contributed by atoms with Crippen LogP contribution in [0, 0.1) is 0 Å². The van der Waals surface area contributed by atoms with E-state index in [0.29, 0.717) is 0 Å². The number of thiol groups is 1. The van der Waals surface area contributed by atoms with Crippen LogP contribution in [0.4, 0.5) is 0 Å². The lowest BCUT2D eigenvalue weighted by molar-refractivity contribution is -0.697. The molecule has 4 nitrogen and oxygen atoms in total. The van der Waals surface area contributed by atoms with E-state index in [0.717, 1.165) is 30.0 Å². The topological polar surface area (TPSA) is 48.2 Å². The molecule has 29 heavy (non-hydrogen) atoms. The third-order valence-corrected chi connectivity index (χ3v) is 5.28. The van der Waals surface area contributed by atoms with E-state index in [1.165, 1.54) is 30.4 Å². The van der Waals surface area contributed by atoms with Crippen LogP contribution in [0.2, 0.25) is 0 Å². The highest BCUT2D eigenvalue weighted by Crippen LogP contribution is 2.16. The van der Waals surface area contributed by atoms with Crippen LogP contribution in [0.15, 0.2) is 73.3 Å². The van der Waals surface area contributed by atoms with Crippen molar-refractivity contribution in [1.29, 1.82) is 0 Å². The van der Waals surface area contributed by atoms with Gasteiger partial charge in [-0.05, 0) is 35.3 Å². The van der Waals surface area contributed by atoms with Crippen LogP contribution >= 0.6 is 12.6 Å². The van der Waals surface area contributed by atoms with Crippen LogP contribution in [0.3, 0.4) is 0 Å². The van der Waals surface area contributed by atoms with Gasteiger partial charge in [0.15, 0.2) is 31.3 Å². The van der Waals surface area contributed by atoms with Gasteiger partial charge < -0.3 is 10.0 Å². The molecule has 150 valence electrons. The average molecular weight is 408 g/mol. The van der Waals surface area contributed by atoms with E-state index in [2.05, 4.69) is 76.9 Å². The molecule has 0 radical (unpaired) electrons. The zero-order valence-electron chi connectivity index (χ0n) is 16.7. The Morgan fingerprint density at radius 2 is 1.38 bits per heavy atom. The summed E-state index contributed by atoms with van der Waals surface area (Å²) in [6.45, 7) is 1.80. The summed E-state index contributed by atoms with van der Waals surface area (Å²) < 4.78 is 4.37. The molecule has 0 saturated carbocycles. The second-order valence-corrected chi connectivity index (χ2v) is 7.82. The molecule has 3 aromatic rings. The molecule has 1 aromatic carbocycles. The SMILES string of the molecule is OB(O)Cc1cccc(C[n+]2ccc(-c3cc[n+](CCCCCS)cc3)cc2)c1. The molecule has 0 aliphatic heterocycles. The van der Waals surface area contributed by atoms with E-state index < -0.39 is 7.12 Å². The van der Waals surface area contributed by atoms with Crippen molar-refractivity contribution in [1.82, 2.24) is 0 Å². The summed E-state index contributed by atoms with van der Waals surface area (Å²) in [5.41, 5.74) is 4.47. The first-order valence-corrected chi connectivity index (χ1v) is 10.8. The maximum Gasteiger partial charge on any atom is 0.456 e. The van der Waals surface area contributed by atoms with Gasteiger partial charge in [0.25, 0.3) is 0 Å². The van der Waals surface area contributed by atoms with E-state index in [1.807, 2.05) is 18.2 Å². The van der Waals surface area contributed by atoms with Crippen molar-refractivity contribution in [3.8, 4) is 11.1 Å². The molecule has 2 heterocycles. The van der Waals surface area contributed by atoms with Gasteiger partial charge in [-0.15, -0.1) is 0 Å². The first-order chi connectivity index (χ1) is 14.1. The Morgan fingerprint density at radius 3 is 2.00 bits per heavy atom. The van der Waals surface area contributed by atoms with E-state index in [1.54, 1.807) is 0 Å². The lowest BCUT2D eigenvalue weighted by Gasteiger charge is -2.04. The summed E-state index contributed by atoms with van der Waals surface area (Å²) in [5.74, 6) is 0.967. The molecule has 0 spiro atoms. The molecular weight excluding hydrogens is 379 g/mol. The third-order valence-electron chi connectivity index (χ3n) is 4.96. The smallest absolute Gasteiger partial charge is 0.427 e. The summed E-state index contributed by atoms with van der Waals surface area (Å²) >= 11 is 4.26. The lowest BCUT2D eigenvalue weighted by atomic mass is 9.82. The van der Waals surface area contributed by atoms with Crippen molar-refractivity contribution in [3.05, 3.63) is 84.4 Å². The standard InChI is InChI=1S/C23H28BN2O2S/c27-24(28)18-20-5-4-6-21(17-20)19-26-14-9-23(10-15-26)22-7-12-25(13-8-22)11-2-1-3-16-29/h4-10,12-15,17,27-28H,1-3,11,16,18-19H2/q+1/p+1. The van der Waals surface area contributed by atoms with Crippen LogP contribution in [-0.4, -0.2) is 22.9 Å². The average Bonchev–Trinajstić information content (AvgIpc) is 2.72. The Bertz CT molecular complexity index is 886. The molecule has 6 heteroatoms. The molecule has 3 rings (SSSR count). The van der Waals surface area contributed by atoms with Gasteiger partial charge in [-0.25, -0.2) is 9.13 Å². The highest BCUT2D eigenvalue weighted by molar-refractivity contribution is 7.80. The van der Waals surface area contributed by atoms with Gasteiger partial charge in [0.1, 0.15) is 6.54 Å². The van der Waals surface area contributed by atoms with Crippen LogP contribution in [0.25, 0.3) is 11.1 Å². The Labute approximate surface area is 179 Å². The molecule has 0 amide bonds. The zero-order valence-corrected chi connectivity index (χ0v) is 17.6. The molecule has 2 aromatic heterocycles. The van der Waals surface area contributed by atoms with Gasteiger partial charge in [0.05, 0.1) is 0 Å². The third kappa shape index (κ3) is 7.00. The van der Waals surface area contributed by atoms with Crippen molar-refractivity contribution in [2.75, 3.05) is 5.75 Å². The lowest BCUT2D eigenvalue weighted by Crippen LogP contribution is -2.33. The van der Waals surface area contributed by atoms with Gasteiger partial charge in [-0.3, -0.25) is 0 Å². The number of nitrogens with zero attached hydrogens (tertiary/aromatic N) is 2. The van der Waals surface area contributed by atoms with Crippen molar-refractivity contribution in [2.24, 2.45) is 0 Å². The van der Waals surface area contributed by atoms with Gasteiger partial charge in [0.2, 0.25) is 0 Å². The Hall–Kier alpha value is -2.15. The molecule has 0 fully saturated rings. The number of hydrogen-bond acceptors (Lipinski definition) is 3. The summed E-state index contributed by atoms with van der Waals surface area (Å²) in [6.07, 6.45) is 12.3. The largest absolute Gasteiger partial charge is 0.456 e. The van der Waals surface area contributed by atoms with Crippen molar-refractivity contribution in [2.45, 2.75) is 38.7 Å². The molecule has 0 atom stereocenters. The molecular formula is C23H29BN2O2S+2. The fourth-order valence-electron chi connectivity index (χ4n) is 3.41. The maximum atomic E-state index is 9.15. The Morgan fingerprint density at radius 1 is 0.759 bits per heavy atom. The fraction of sp³-hybridized carbons (Fsp3) is 0.304. The number of aromatic nitrogens is 2. The Balaban J connectivity index is 1.60. The minimum Gasteiger partial charge on any atom is -0.427 e. The molecule has 0 aliphatic rings. The molecule has 0 unspecified atom stereocenters. The maximum absolute atomic E-state index is 9.15. The van der Waals surface area contributed by atoms with E-state index in [-0.39, 0.29) is 6.32 Å². The molecule has 0 saturated heterocycles. The van der Waals surface area contributed by atoms with Crippen molar-refractivity contribution < 1.29 is 19.2 Å². The van der Waals surface area contributed by atoms with E-state index >= 15 is 0 Å². The van der Waals surface area contributed by atoms with Gasteiger partial charge >= 0.3 is 7.12 Å². The zero-order chi connectivity index (χ0) is 20.5. The first kappa shape index (κ1) is 21.6. The van der Waals surface area contributed by atoms with Gasteiger partial charge in [-0.1, -0.05) is 24.3 Å². The van der Waals surface area contributed by atoms with Gasteiger partial charge in [0, 0.05) is 42.6 Å². The summed E-state index contributed by atoms with van der Waals surface area (Å²) in [7, 11) is -1.31. The minimum absolute atomic E-state index is 0.251. The Kier molecular flexibility index (Phi) is 8.29. The first-order valence-electron chi connectivity index (χ1n) is 10.2. The van der Waals surface area contributed by atoms with E-state index in [4.69, 9.17) is 10.0 Å². The predicted molar refractivity (Wildman–Crippen MR) is 119 cm³/mol. The summed E-state index contributed by atoms with van der Waals surface area (Å²) in [6, 6.07) is 16.6. The highest BCUT2D eigenvalue weighted by atomic mass is 32.1. The monoisotopic (exact) mass is 408 g/mol. The molecule has 2 N–H and O–H groups in total. The van der Waals surface area contributed by atoms with Crippen molar-refractivity contribution >= 4 is 19.7 Å².